The number of hydrogen-bond acceptors (Lipinski definition) is 3. The van der Waals surface area contributed by atoms with Crippen LogP contribution in [-0.4, -0.2) is 26.2 Å². The van der Waals surface area contributed by atoms with Crippen molar-refractivity contribution in [1.82, 2.24) is 0 Å². The topological polar surface area (TPSA) is 64.3 Å². The Morgan fingerprint density at radius 3 is 2.83 bits per heavy atom. The lowest BCUT2D eigenvalue weighted by molar-refractivity contribution is -0.119. The number of hydrogen-bond donors (Lipinski definition) is 2. The summed E-state index contributed by atoms with van der Waals surface area (Å²) in [6.07, 6.45) is 1.49. The Hall–Kier alpha value is -1.39. The van der Waals surface area contributed by atoms with Gasteiger partial charge >= 0.3 is 0 Å². The second-order valence-electron chi connectivity index (χ2n) is 4.37. The lowest BCUT2D eigenvalue weighted by Crippen LogP contribution is -2.23. The van der Waals surface area contributed by atoms with Crippen molar-refractivity contribution >= 4 is 11.6 Å². The fourth-order valence-corrected chi connectivity index (χ4v) is 1.71. The summed E-state index contributed by atoms with van der Waals surface area (Å²) < 4.78 is 5.06. The third kappa shape index (κ3) is 4.47. The summed E-state index contributed by atoms with van der Waals surface area (Å²) in [6, 6.07) is 7.80. The van der Waals surface area contributed by atoms with Crippen molar-refractivity contribution in [3.8, 4) is 0 Å². The molecule has 3 N–H and O–H groups in total. The Balaban J connectivity index is 2.68. The Morgan fingerprint density at radius 2 is 2.17 bits per heavy atom. The molecule has 1 rings (SSSR count). The standard InChI is InChI=1S/C14H22N2O2/c1-11(7-9-15)14(17)16-13-6-4-3-5-12(13)8-10-18-2/h3-6,11H,7-10,15H2,1-2H3,(H,16,17). The number of amides is 1. The molecule has 0 heterocycles. The molecule has 0 radical (unpaired) electrons. The Kier molecular flexibility index (Phi) is 6.39. The Morgan fingerprint density at radius 1 is 1.44 bits per heavy atom. The van der Waals surface area contributed by atoms with Gasteiger partial charge in [-0.3, -0.25) is 4.79 Å². The van der Waals surface area contributed by atoms with Crippen LogP contribution in [0.15, 0.2) is 24.3 Å². The second kappa shape index (κ2) is 7.84. The molecule has 100 valence electrons. The molecule has 0 aromatic heterocycles. The first kappa shape index (κ1) is 14.7. The van der Waals surface area contributed by atoms with E-state index in [0.717, 1.165) is 17.7 Å². The number of nitrogens with one attached hydrogen (secondary N) is 1. The predicted octanol–water partition coefficient (Wildman–Crippen LogP) is 1.80. The van der Waals surface area contributed by atoms with Gasteiger partial charge in [0.2, 0.25) is 5.91 Å². The fourth-order valence-electron chi connectivity index (χ4n) is 1.71. The van der Waals surface area contributed by atoms with Crippen LogP contribution >= 0.6 is 0 Å². The van der Waals surface area contributed by atoms with Crippen molar-refractivity contribution in [1.29, 1.82) is 0 Å². The van der Waals surface area contributed by atoms with Crippen molar-refractivity contribution in [3.05, 3.63) is 29.8 Å². The van der Waals surface area contributed by atoms with Gasteiger partial charge in [0, 0.05) is 18.7 Å². The van der Waals surface area contributed by atoms with Crippen molar-refractivity contribution in [2.75, 3.05) is 25.6 Å². The molecule has 0 aliphatic rings. The monoisotopic (exact) mass is 250 g/mol. The molecule has 0 bridgehead atoms. The number of carbonyl (C=O) groups excluding carboxylic acids is 1. The van der Waals surface area contributed by atoms with Gasteiger partial charge in [-0.15, -0.1) is 0 Å². The molecule has 18 heavy (non-hydrogen) atoms. The number of benzene rings is 1. The van der Waals surface area contributed by atoms with Crippen LogP contribution in [0, 0.1) is 5.92 Å². The largest absolute Gasteiger partial charge is 0.384 e. The molecule has 1 atom stereocenters. The number of rotatable bonds is 7. The van der Waals surface area contributed by atoms with Crippen molar-refractivity contribution in [2.24, 2.45) is 11.7 Å². The Labute approximate surface area is 109 Å². The van der Waals surface area contributed by atoms with Gasteiger partial charge in [-0.2, -0.15) is 0 Å². The highest BCUT2D eigenvalue weighted by atomic mass is 16.5. The maximum absolute atomic E-state index is 11.9. The van der Waals surface area contributed by atoms with Gasteiger partial charge in [0.15, 0.2) is 0 Å². The molecular weight excluding hydrogens is 228 g/mol. The molecule has 1 aromatic carbocycles. The van der Waals surface area contributed by atoms with E-state index < -0.39 is 0 Å². The van der Waals surface area contributed by atoms with Gasteiger partial charge in [0.1, 0.15) is 0 Å². The van der Waals surface area contributed by atoms with Gasteiger partial charge in [-0.05, 0) is 31.0 Å². The van der Waals surface area contributed by atoms with E-state index in [0.29, 0.717) is 19.6 Å². The maximum Gasteiger partial charge on any atom is 0.227 e. The van der Waals surface area contributed by atoms with Crippen LogP contribution in [0.5, 0.6) is 0 Å². The highest BCUT2D eigenvalue weighted by Crippen LogP contribution is 2.17. The summed E-state index contributed by atoms with van der Waals surface area (Å²) in [4.78, 5) is 11.9. The van der Waals surface area contributed by atoms with Gasteiger partial charge < -0.3 is 15.8 Å². The number of methoxy groups -OCH3 is 1. The molecule has 4 nitrogen and oxygen atoms in total. The van der Waals surface area contributed by atoms with Gasteiger partial charge in [0.05, 0.1) is 6.61 Å². The zero-order valence-electron chi connectivity index (χ0n) is 11.1. The first-order chi connectivity index (χ1) is 8.69. The van der Waals surface area contributed by atoms with Crippen LogP contribution in [0.4, 0.5) is 5.69 Å². The van der Waals surface area contributed by atoms with Crippen LogP contribution < -0.4 is 11.1 Å². The summed E-state index contributed by atoms with van der Waals surface area (Å²) in [5.41, 5.74) is 7.41. The van der Waals surface area contributed by atoms with E-state index in [1.807, 2.05) is 31.2 Å². The molecule has 0 saturated heterocycles. The van der Waals surface area contributed by atoms with Crippen molar-refractivity contribution < 1.29 is 9.53 Å². The smallest absolute Gasteiger partial charge is 0.227 e. The molecule has 1 aromatic rings. The lowest BCUT2D eigenvalue weighted by Gasteiger charge is -2.14. The van der Waals surface area contributed by atoms with E-state index in [1.54, 1.807) is 7.11 Å². The third-order valence-electron chi connectivity index (χ3n) is 2.90. The zero-order valence-corrected chi connectivity index (χ0v) is 11.1. The number of ether oxygens (including phenoxy) is 1. The number of carbonyl (C=O) groups is 1. The molecule has 0 fully saturated rings. The molecule has 0 saturated carbocycles. The molecule has 0 aliphatic heterocycles. The van der Waals surface area contributed by atoms with Crippen LogP contribution in [0.3, 0.4) is 0 Å². The third-order valence-corrected chi connectivity index (χ3v) is 2.90. The molecule has 4 heteroatoms. The van der Waals surface area contributed by atoms with E-state index >= 15 is 0 Å². The molecule has 1 amide bonds. The minimum absolute atomic E-state index is 0.0188. The minimum atomic E-state index is -0.0644. The van der Waals surface area contributed by atoms with E-state index in [9.17, 15) is 4.79 Å². The summed E-state index contributed by atoms with van der Waals surface area (Å²) in [5.74, 6) is -0.0456. The normalized spacial score (nSPS) is 12.2. The SMILES string of the molecule is COCCc1ccccc1NC(=O)C(C)CCN. The highest BCUT2D eigenvalue weighted by Gasteiger charge is 2.13. The van der Waals surface area contributed by atoms with Crippen LogP contribution in [0.1, 0.15) is 18.9 Å². The minimum Gasteiger partial charge on any atom is -0.384 e. The lowest BCUT2D eigenvalue weighted by atomic mass is 10.1. The van der Waals surface area contributed by atoms with Gasteiger partial charge in [0.25, 0.3) is 0 Å². The van der Waals surface area contributed by atoms with Gasteiger partial charge in [-0.1, -0.05) is 25.1 Å². The summed E-state index contributed by atoms with van der Waals surface area (Å²) in [7, 11) is 1.67. The van der Waals surface area contributed by atoms with E-state index in [1.165, 1.54) is 0 Å². The van der Waals surface area contributed by atoms with Crippen LogP contribution in [-0.2, 0) is 16.0 Å². The summed E-state index contributed by atoms with van der Waals surface area (Å²) >= 11 is 0. The van der Waals surface area contributed by atoms with E-state index in [-0.39, 0.29) is 11.8 Å². The fraction of sp³-hybridized carbons (Fsp3) is 0.500. The average molecular weight is 250 g/mol. The first-order valence-corrected chi connectivity index (χ1v) is 6.26. The van der Waals surface area contributed by atoms with E-state index in [4.69, 9.17) is 10.5 Å². The molecule has 1 unspecified atom stereocenters. The summed E-state index contributed by atoms with van der Waals surface area (Å²) in [6.45, 7) is 3.06. The Bertz CT molecular complexity index is 380. The van der Waals surface area contributed by atoms with E-state index in [2.05, 4.69) is 5.32 Å². The summed E-state index contributed by atoms with van der Waals surface area (Å²) in [5, 5.41) is 2.95. The number of para-hydroxylation sites is 1. The predicted molar refractivity (Wildman–Crippen MR) is 73.5 cm³/mol. The quantitative estimate of drug-likeness (QED) is 0.775. The van der Waals surface area contributed by atoms with Gasteiger partial charge in [-0.25, -0.2) is 0 Å². The molecular formula is C14H22N2O2. The number of anilines is 1. The molecule has 0 aliphatic carbocycles. The second-order valence-corrected chi connectivity index (χ2v) is 4.37. The van der Waals surface area contributed by atoms with Crippen molar-refractivity contribution in [2.45, 2.75) is 19.8 Å². The first-order valence-electron chi connectivity index (χ1n) is 6.26. The highest BCUT2D eigenvalue weighted by molar-refractivity contribution is 5.93. The van der Waals surface area contributed by atoms with Crippen LogP contribution in [0.25, 0.3) is 0 Å². The van der Waals surface area contributed by atoms with Crippen LogP contribution in [0.2, 0.25) is 0 Å². The number of nitrogens with two attached hydrogens (primary N) is 1. The maximum atomic E-state index is 11.9. The molecule has 0 spiro atoms. The average Bonchev–Trinajstić information content (AvgIpc) is 2.38. The van der Waals surface area contributed by atoms with Crippen molar-refractivity contribution in [3.63, 3.8) is 0 Å². The zero-order chi connectivity index (χ0) is 13.4.